The zero-order chi connectivity index (χ0) is 21.1. The third-order valence-corrected chi connectivity index (χ3v) is 5.91. The number of nitrogens with one attached hydrogen (secondary N) is 1. The first-order chi connectivity index (χ1) is 13.7. The second-order valence-electron chi connectivity index (χ2n) is 7.38. The molecule has 0 unspecified atom stereocenters. The molecule has 1 N–H and O–H groups in total. The van der Waals surface area contributed by atoms with Crippen molar-refractivity contribution >= 4 is 33.4 Å². The fraction of sp³-hybridized carbons (Fsp3) is 0.381. The Kier molecular flexibility index (Phi) is 6.32. The number of fused-ring (bicyclic) bond motifs is 1. The lowest BCUT2D eigenvalue weighted by Crippen LogP contribution is -2.38. The van der Waals surface area contributed by atoms with Crippen LogP contribution in [-0.4, -0.2) is 34.3 Å². The highest BCUT2D eigenvalue weighted by Crippen LogP contribution is 2.29. The number of ether oxygens (including phenoxy) is 1. The van der Waals surface area contributed by atoms with E-state index in [0.29, 0.717) is 17.3 Å². The molecule has 8 heteroatoms. The van der Waals surface area contributed by atoms with Crippen molar-refractivity contribution in [2.75, 3.05) is 6.61 Å². The number of nitrogens with zero attached hydrogens (tertiary/aromatic N) is 2. The molecule has 0 radical (unpaired) electrons. The van der Waals surface area contributed by atoms with Gasteiger partial charge in [-0.15, -0.1) is 11.3 Å². The second-order valence-corrected chi connectivity index (χ2v) is 8.41. The number of aryl methyl sites for hydroxylation is 1. The molecule has 0 saturated carbocycles. The number of carbonyl (C=O) groups is 2. The van der Waals surface area contributed by atoms with E-state index in [0.717, 1.165) is 21.5 Å². The number of thiophene rings is 1. The Hall–Kier alpha value is -2.74. The van der Waals surface area contributed by atoms with Crippen molar-refractivity contribution < 1.29 is 18.7 Å². The minimum absolute atomic E-state index is 0.00521. The fourth-order valence-corrected chi connectivity index (χ4v) is 3.80. The average molecular weight is 418 g/mol. The molecule has 0 saturated heterocycles. The first-order valence-corrected chi connectivity index (χ1v) is 10.2. The maximum atomic E-state index is 13.1. The summed E-state index contributed by atoms with van der Waals surface area (Å²) in [6, 6.07) is 7.97. The summed E-state index contributed by atoms with van der Waals surface area (Å²) in [5.74, 6) is -0.849. The largest absolute Gasteiger partial charge is 0.451 e. The van der Waals surface area contributed by atoms with Crippen LogP contribution in [0.1, 0.15) is 41.7 Å². The predicted octanol–water partition coefficient (Wildman–Crippen LogP) is 3.91. The number of esters is 1. The van der Waals surface area contributed by atoms with Crippen molar-refractivity contribution in [3.63, 3.8) is 0 Å². The SMILES string of the molecule is Cc1nn(Cc2ccc(F)cc2)c2sc(C(=O)OCC(=O)N[C@@H](C)C(C)C)cc12. The van der Waals surface area contributed by atoms with E-state index < -0.39 is 5.97 Å². The lowest BCUT2D eigenvalue weighted by molar-refractivity contribution is -0.125. The maximum absolute atomic E-state index is 13.1. The third-order valence-electron chi connectivity index (χ3n) is 4.78. The van der Waals surface area contributed by atoms with Gasteiger partial charge in [0.05, 0.1) is 12.2 Å². The van der Waals surface area contributed by atoms with E-state index in [2.05, 4.69) is 10.4 Å². The number of halogens is 1. The molecule has 3 rings (SSSR count). The normalized spacial score (nSPS) is 12.3. The van der Waals surface area contributed by atoms with Gasteiger partial charge in [-0.1, -0.05) is 26.0 Å². The summed E-state index contributed by atoms with van der Waals surface area (Å²) in [5.41, 5.74) is 1.70. The number of hydrogen-bond donors (Lipinski definition) is 1. The van der Waals surface area contributed by atoms with Crippen molar-refractivity contribution in [3.8, 4) is 0 Å². The number of amides is 1. The molecule has 1 aromatic carbocycles. The highest BCUT2D eigenvalue weighted by molar-refractivity contribution is 7.20. The average Bonchev–Trinajstić information content (AvgIpc) is 3.23. The summed E-state index contributed by atoms with van der Waals surface area (Å²) in [6.45, 7) is 7.94. The van der Waals surface area contributed by atoms with Crippen LogP contribution in [0.15, 0.2) is 30.3 Å². The topological polar surface area (TPSA) is 73.2 Å². The molecular weight excluding hydrogens is 393 g/mol. The van der Waals surface area contributed by atoms with Crippen LogP contribution in [0.2, 0.25) is 0 Å². The zero-order valence-electron chi connectivity index (χ0n) is 16.9. The van der Waals surface area contributed by atoms with Crippen molar-refractivity contribution in [2.45, 2.75) is 40.3 Å². The van der Waals surface area contributed by atoms with Gasteiger partial charge < -0.3 is 10.1 Å². The van der Waals surface area contributed by atoms with Crippen LogP contribution >= 0.6 is 11.3 Å². The molecule has 2 heterocycles. The lowest BCUT2D eigenvalue weighted by Gasteiger charge is -2.17. The smallest absolute Gasteiger partial charge is 0.348 e. The molecule has 0 bridgehead atoms. The van der Waals surface area contributed by atoms with E-state index in [1.54, 1.807) is 22.9 Å². The number of rotatable bonds is 7. The molecule has 1 amide bonds. The summed E-state index contributed by atoms with van der Waals surface area (Å²) >= 11 is 1.27. The maximum Gasteiger partial charge on any atom is 0.348 e. The molecule has 6 nitrogen and oxygen atoms in total. The van der Waals surface area contributed by atoms with Gasteiger partial charge in [-0.05, 0) is 43.5 Å². The van der Waals surface area contributed by atoms with Gasteiger partial charge in [0.2, 0.25) is 0 Å². The van der Waals surface area contributed by atoms with Crippen LogP contribution in [0.25, 0.3) is 10.2 Å². The van der Waals surface area contributed by atoms with Gasteiger partial charge in [-0.25, -0.2) is 9.18 Å². The highest BCUT2D eigenvalue weighted by Gasteiger charge is 2.19. The molecule has 29 heavy (non-hydrogen) atoms. The molecule has 2 aromatic heterocycles. The standard InChI is InChI=1S/C21H24FN3O3S/c1-12(2)13(3)23-19(26)11-28-21(27)18-9-17-14(4)24-25(20(17)29-18)10-15-5-7-16(22)8-6-15/h5-9,12-13H,10-11H2,1-4H3,(H,23,26)/t13-/m0/s1. The van der Waals surface area contributed by atoms with Crippen LogP contribution in [0.3, 0.4) is 0 Å². The molecule has 0 spiro atoms. The predicted molar refractivity (Wildman–Crippen MR) is 111 cm³/mol. The quantitative estimate of drug-likeness (QED) is 0.592. The van der Waals surface area contributed by atoms with Crippen molar-refractivity contribution in [1.29, 1.82) is 0 Å². The lowest BCUT2D eigenvalue weighted by atomic mass is 10.1. The van der Waals surface area contributed by atoms with Crippen LogP contribution in [-0.2, 0) is 16.1 Å². The van der Waals surface area contributed by atoms with Crippen molar-refractivity contribution in [1.82, 2.24) is 15.1 Å². The van der Waals surface area contributed by atoms with Gasteiger partial charge in [0.25, 0.3) is 5.91 Å². The number of carbonyl (C=O) groups excluding carboxylic acids is 2. The van der Waals surface area contributed by atoms with Crippen LogP contribution in [0, 0.1) is 18.7 Å². The second kappa shape index (κ2) is 8.73. The Morgan fingerprint density at radius 3 is 2.59 bits per heavy atom. The Morgan fingerprint density at radius 2 is 1.93 bits per heavy atom. The monoisotopic (exact) mass is 417 g/mol. The number of aromatic nitrogens is 2. The van der Waals surface area contributed by atoms with E-state index in [4.69, 9.17) is 4.74 Å². The summed E-state index contributed by atoms with van der Waals surface area (Å²) < 4.78 is 20.1. The van der Waals surface area contributed by atoms with E-state index in [9.17, 15) is 14.0 Å². The summed E-state index contributed by atoms with van der Waals surface area (Å²) in [5, 5.41) is 8.17. The van der Waals surface area contributed by atoms with Crippen LogP contribution < -0.4 is 5.32 Å². The summed E-state index contributed by atoms with van der Waals surface area (Å²) in [6.07, 6.45) is 0. The molecule has 0 aliphatic carbocycles. The minimum Gasteiger partial charge on any atom is -0.451 e. The Bertz CT molecular complexity index is 1020. The first kappa shape index (κ1) is 21.0. The molecule has 0 aliphatic rings. The highest BCUT2D eigenvalue weighted by atomic mass is 32.1. The van der Waals surface area contributed by atoms with Crippen LogP contribution in [0.5, 0.6) is 0 Å². The third kappa shape index (κ3) is 5.00. The Morgan fingerprint density at radius 1 is 1.24 bits per heavy atom. The molecule has 154 valence electrons. The van der Waals surface area contributed by atoms with E-state index >= 15 is 0 Å². The zero-order valence-corrected chi connectivity index (χ0v) is 17.7. The van der Waals surface area contributed by atoms with Crippen molar-refractivity contribution in [3.05, 3.63) is 52.3 Å². The fourth-order valence-electron chi connectivity index (χ4n) is 2.75. The summed E-state index contributed by atoms with van der Waals surface area (Å²) in [7, 11) is 0. The number of hydrogen-bond acceptors (Lipinski definition) is 5. The molecule has 1 atom stereocenters. The molecule has 0 fully saturated rings. The first-order valence-electron chi connectivity index (χ1n) is 9.42. The molecule has 3 aromatic rings. The van der Waals surface area contributed by atoms with E-state index in [-0.39, 0.29) is 24.4 Å². The van der Waals surface area contributed by atoms with Gasteiger partial charge >= 0.3 is 5.97 Å². The molecule has 0 aliphatic heterocycles. The number of benzene rings is 1. The van der Waals surface area contributed by atoms with Crippen molar-refractivity contribution in [2.24, 2.45) is 5.92 Å². The van der Waals surface area contributed by atoms with E-state index in [1.807, 2.05) is 27.7 Å². The minimum atomic E-state index is -0.536. The van der Waals surface area contributed by atoms with Gasteiger partial charge in [0, 0.05) is 11.4 Å². The summed E-state index contributed by atoms with van der Waals surface area (Å²) in [4.78, 5) is 25.6. The van der Waals surface area contributed by atoms with Gasteiger partial charge in [-0.3, -0.25) is 9.48 Å². The Balaban J connectivity index is 1.70. The van der Waals surface area contributed by atoms with Crippen LogP contribution in [0.4, 0.5) is 4.39 Å². The van der Waals surface area contributed by atoms with E-state index in [1.165, 1.54) is 23.5 Å². The molecular formula is C21H24FN3O3S. The van der Waals surface area contributed by atoms with Gasteiger partial charge in [-0.2, -0.15) is 5.10 Å². The van der Waals surface area contributed by atoms with Gasteiger partial charge in [0.15, 0.2) is 6.61 Å². The Labute approximate surface area is 172 Å². The van der Waals surface area contributed by atoms with Gasteiger partial charge in [0.1, 0.15) is 15.5 Å².